The summed E-state index contributed by atoms with van der Waals surface area (Å²) >= 11 is 5.82. The van der Waals surface area contributed by atoms with E-state index in [0.717, 1.165) is 0 Å². The van der Waals surface area contributed by atoms with Gasteiger partial charge < -0.3 is 9.67 Å². The van der Waals surface area contributed by atoms with Crippen LogP contribution < -0.4 is 4.72 Å². The molecule has 0 aliphatic rings. The molecule has 2 rings (SSSR count). The number of hydrogen-bond donors (Lipinski definition) is 2. The Kier molecular flexibility index (Phi) is 3.18. The van der Waals surface area contributed by atoms with E-state index < -0.39 is 10.0 Å². The van der Waals surface area contributed by atoms with Crippen molar-refractivity contribution in [1.82, 2.24) is 9.55 Å². The number of aromatic hydroxyl groups is 1. The first-order chi connectivity index (χ1) is 8.40. The lowest BCUT2D eigenvalue weighted by Crippen LogP contribution is -2.14. The molecular formula is C10H10ClN3O3S. The molecule has 0 aliphatic carbocycles. The van der Waals surface area contributed by atoms with Gasteiger partial charge in [0, 0.05) is 13.1 Å². The van der Waals surface area contributed by atoms with Crippen molar-refractivity contribution in [1.29, 1.82) is 0 Å². The molecule has 1 aromatic heterocycles. The molecule has 2 aromatic rings. The molecule has 2 N–H and O–H groups in total. The van der Waals surface area contributed by atoms with Gasteiger partial charge in [-0.2, -0.15) is 8.42 Å². The van der Waals surface area contributed by atoms with Gasteiger partial charge in [0.25, 0.3) is 10.0 Å². The van der Waals surface area contributed by atoms with Crippen LogP contribution in [0.15, 0.2) is 35.6 Å². The number of hydrogen-bond acceptors (Lipinski definition) is 4. The van der Waals surface area contributed by atoms with Gasteiger partial charge in [-0.1, -0.05) is 17.7 Å². The summed E-state index contributed by atoms with van der Waals surface area (Å²) in [5.74, 6) is -0.0395. The zero-order valence-electron chi connectivity index (χ0n) is 9.33. The number of nitrogens with one attached hydrogen (secondary N) is 1. The van der Waals surface area contributed by atoms with Crippen LogP contribution in [-0.2, 0) is 17.1 Å². The normalized spacial score (nSPS) is 11.4. The number of phenols is 1. The van der Waals surface area contributed by atoms with Gasteiger partial charge in [0.1, 0.15) is 10.9 Å². The molecule has 0 bridgehead atoms. The maximum Gasteiger partial charge on any atom is 0.282 e. The highest BCUT2D eigenvalue weighted by molar-refractivity contribution is 7.92. The Morgan fingerprint density at radius 1 is 1.44 bits per heavy atom. The molecule has 0 saturated carbocycles. The summed E-state index contributed by atoms with van der Waals surface area (Å²) in [6.45, 7) is 0. The van der Waals surface area contributed by atoms with E-state index in [1.54, 1.807) is 7.05 Å². The molecule has 0 unspecified atom stereocenters. The summed E-state index contributed by atoms with van der Waals surface area (Å²) in [4.78, 5) is 3.72. The average Bonchev–Trinajstić information content (AvgIpc) is 2.59. The second kappa shape index (κ2) is 4.51. The molecule has 1 heterocycles. The number of imidazole rings is 1. The molecule has 0 amide bonds. The van der Waals surface area contributed by atoms with Gasteiger partial charge in [0.05, 0.1) is 12.0 Å². The number of phenolic OH excluding ortho intramolecular Hbond substituents is 1. The Labute approximate surface area is 109 Å². The van der Waals surface area contributed by atoms with Crippen LogP contribution in [0.1, 0.15) is 0 Å². The van der Waals surface area contributed by atoms with Crippen molar-refractivity contribution < 1.29 is 13.5 Å². The van der Waals surface area contributed by atoms with E-state index >= 15 is 0 Å². The van der Waals surface area contributed by atoms with Crippen molar-refractivity contribution in [3.8, 4) is 5.75 Å². The first kappa shape index (κ1) is 12.7. The Balaban J connectivity index is 2.36. The van der Waals surface area contributed by atoms with E-state index in [4.69, 9.17) is 11.6 Å². The fourth-order valence-corrected chi connectivity index (χ4v) is 2.83. The molecule has 0 saturated heterocycles. The number of aryl methyl sites for hydroxylation is 1. The summed E-state index contributed by atoms with van der Waals surface area (Å²) < 4.78 is 27.7. The Morgan fingerprint density at radius 2 is 2.17 bits per heavy atom. The summed E-state index contributed by atoms with van der Waals surface area (Å²) in [5.41, 5.74) is 0.233. The Bertz CT molecular complexity index is 681. The number of halogens is 1. The standard InChI is InChI=1S/C10H10ClN3O3S/c1-14-6-12-10(9(14)11)18(16,17)13-7-3-2-4-8(15)5-7/h2-6,13,15H,1H3. The van der Waals surface area contributed by atoms with E-state index in [1.807, 2.05) is 0 Å². The van der Waals surface area contributed by atoms with Crippen molar-refractivity contribution >= 4 is 27.3 Å². The minimum atomic E-state index is -3.86. The lowest BCUT2D eigenvalue weighted by Gasteiger charge is -2.06. The molecule has 0 aliphatic heterocycles. The maximum atomic E-state index is 12.0. The predicted molar refractivity (Wildman–Crippen MR) is 67.1 cm³/mol. The monoisotopic (exact) mass is 287 g/mol. The third-order valence-electron chi connectivity index (χ3n) is 2.19. The van der Waals surface area contributed by atoms with Crippen molar-refractivity contribution in [3.63, 3.8) is 0 Å². The maximum absolute atomic E-state index is 12.0. The van der Waals surface area contributed by atoms with Crippen LogP contribution in [0.4, 0.5) is 5.69 Å². The Hall–Kier alpha value is -1.73. The fourth-order valence-electron chi connectivity index (χ4n) is 1.35. The van der Waals surface area contributed by atoms with Gasteiger partial charge in [-0.05, 0) is 12.1 Å². The summed E-state index contributed by atoms with van der Waals surface area (Å²) in [6.07, 6.45) is 1.30. The largest absolute Gasteiger partial charge is 0.508 e. The van der Waals surface area contributed by atoms with E-state index in [0.29, 0.717) is 0 Å². The molecule has 0 atom stereocenters. The molecule has 0 spiro atoms. The number of sulfonamides is 1. The van der Waals surface area contributed by atoms with Crippen LogP contribution in [0.5, 0.6) is 5.75 Å². The van der Waals surface area contributed by atoms with Crippen LogP contribution in [0.2, 0.25) is 5.15 Å². The zero-order valence-corrected chi connectivity index (χ0v) is 10.9. The first-order valence-electron chi connectivity index (χ1n) is 4.89. The van der Waals surface area contributed by atoms with E-state index in [2.05, 4.69) is 9.71 Å². The highest BCUT2D eigenvalue weighted by Gasteiger charge is 2.22. The van der Waals surface area contributed by atoms with Crippen LogP contribution in [0.3, 0.4) is 0 Å². The van der Waals surface area contributed by atoms with Gasteiger partial charge in [0.2, 0.25) is 5.03 Å². The molecule has 96 valence electrons. The van der Waals surface area contributed by atoms with Crippen molar-refractivity contribution in [3.05, 3.63) is 35.7 Å². The van der Waals surface area contributed by atoms with Crippen molar-refractivity contribution in [2.45, 2.75) is 5.03 Å². The molecular weight excluding hydrogens is 278 g/mol. The van der Waals surface area contributed by atoms with Crippen LogP contribution in [0.25, 0.3) is 0 Å². The second-order valence-electron chi connectivity index (χ2n) is 3.61. The number of aromatic nitrogens is 2. The number of nitrogens with zero attached hydrogens (tertiary/aromatic N) is 2. The summed E-state index contributed by atoms with van der Waals surface area (Å²) in [7, 11) is -2.28. The van der Waals surface area contributed by atoms with Gasteiger partial charge in [-0.15, -0.1) is 0 Å². The van der Waals surface area contributed by atoms with Crippen LogP contribution in [-0.4, -0.2) is 23.1 Å². The summed E-state index contributed by atoms with van der Waals surface area (Å²) in [5, 5.41) is 9.02. The zero-order chi connectivity index (χ0) is 13.3. The molecule has 1 aromatic carbocycles. The number of anilines is 1. The average molecular weight is 288 g/mol. The Morgan fingerprint density at radius 3 is 2.72 bits per heavy atom. The topological polar surface area (TPSA) is 84.2 Å². The molecule has 0 fully saturated rings. The first-order valence-corrected chi connectivity index (χ1v) is 6.75. The number of benzene rings is 1. The molecule has 8 heteroatoms. The van der Waals surface area contributed by atoms with E-state index in [-0.39, 0.29) is 21.6 Å². The molecule has 18 heavy (non-hydrogen) atoms. The van der Waals surface area contributed by atoms with E-state index in [9.17, 15) is 13.5 Å². The minimum Gasteiger partial charge on any atom is -0.508 e. The van der Waals surface area contributed by atoms with Gasteiger partial charge in [-0.25, -0.2) is 4.98 Å². The van der Waals surface area contributed by atoms with Crippen LogP contribution >= 0.6 is 11.6 Å². The van der Waals surface area contributed by atoms with Crippen LogP contribution in [0, 0.1) is 0 Å². The lowest BCUT2D eigenvalue weighted by atomic mass is 10.3. The van der Waals surface area contributed by atoms with E-state index in [1.165, 1.54) is 35.2 Å². The predicted octanol–water partition coefficient (Wildman–Crippen LogP) is 1.58. The lowest BCUT2D eigenvalue weighted by molar-refractivity contribution is 0.475. The SMILES string of the molecule is Cn1cnc(S(=O)(=O)Nc2cccc(O)c2)c1Cl. The second-order valence-corrected chi connectivity index (χ2v) is 5.56. The highest BCUT2D eigenvalue weighted by Crippen LogP contribution is 2.23. The van der Waals surface area contributed by atoms with Gasteiger partial charge >= 0.3 is 0 Å². The molecule has 6 nitrogen and oxygen atoms in total. The van der Waals surface area contributed by atoms with Gasteiger partial charge in [-0.3, -0.25) is 4.72 Å². The quantitative estimate of drug-likeness (QED) is 0.898. The summed E-state index contributed by atoms with van der Waals surface area (Å²) in [6, 6.07) is 5.75. The minimum absolute atomic E-state index is 0.0163. The highest BCUT2D eigenvalue weighted by atomic mass is 35.5. The third-order valence-corrected chi connectivity index (χ3v) is 4.06. The van der Waals surface area contributed by atoms with Gasteiger partial charge in [0.15, 0.2) is 0 Å². The van der Waals surface area contributed by atoms with Crippen molar-refractivity contribution in [2.75, 3.05) is 4.72 Å². The number of rotatable bonds is 3. The third kappa shape index (κ3) is 2.41. The fraction of sp³-hybridized carbons (Fsp3) is 0.100. The molecule has 0 radical (unpaired) electrons. The van der Waals surface area contributed by atoms with Crippen molar-refractivity contribution in [2.24, 2.45) is 7.05 Å². The smallest absolute Gasteiger partial charge is 0.282 e.